The summed E-state index contributed by atoms with van der Waals surface area (Å²) >= 11 is 0. The van der Waals surface area contributed by atoms with Crippen LogP contribution in [0.25, 0.3) is 0 Å². The number of aromatic carboxylic acids is 1. The predicted molar refractivity (Wildman–Crippen MR) is 116 cm³/mol. The number of para-hydroxylation sites is 1. The van der Waals surface area contributed by atoms with Crippen molar-refractivity contribution >= 4 is 21.7 Å². The van der Waals surface area contributed by atoms with Gasteiger partial charge in [-0.05, 0) is 60.7 Å². The lowest BCUT2D eigenvalue weighted by Gasteiger charge is -2.13. The molecule has 0 aromatic heterocycles. The van der Waals surface area contributed by atoms with Gasteiger partial charge >= 0.3 is 5.97 Å². The highest BCUT2D eigenvalue weighted by molar-refractivity contribution is 7.92. The number of anilines is 1. The molecule has 0 aliphatic carbocycles. The molecular weight excluding hydrogens is 402 g/mol. The summed E-state index contributed by atoms with van der Waals surface area (Å²) in [5.74, 6) is -0.473. The van der Waals surface area contributed by atoms with Crippen LogP contribution in [-0.4, -0.2) is 26.6 Å². The van der Waals surface area contributed by atoms with Crippen LogP contribution in [0.5, 0.6) is 5.75 Å². The number of ether oxygens (including phenoxy) is 1. The summed E-state index contributed by atoms with van der Waals surface area (Å²) in [6, 6.07) is 20.4. The molecule has 0 spiro atoms. The van der Waals surface area contributed by atoms with Gasteiger partial charge in [0.25, 0.3) is 10.0 Å². The Labute approximate surface area is 176 Å². The SMILES string of the molecule is COc1cccc(S(=O)(=O)Nc2ccccc2CCCc2ccc(C(=O)O)cc2)c1. The molecule has 0 aliphatic heterocycles. The van der Waals surface area contributed by atoms with Crippen molar-refractivity contribution in [1.29, 1.82) is 0 Å². The fourth-order valence-corrected chi connectivity index (χ4v) is 4.24. The third-order valence-electron chi connectivity index (χ3n) is 4.73. The van der Waals surface area contributed by atoms with Gasteiger partial charge in [0.2, 0.25) is 0 Å². The monoisotopic (exact) mass is 425 g/mol. The lowest BCUT2D eigenvalue weighted by molar-refractivity contribution is 0.0697. The van der Waals surface area contributed by atoms with Crippen molar-refractivity contribution in [1.82, 2.24) is 0 Å². The number of sulfonamides is 1. The van der Waals surface area contributed by atoms with E-state index in [1.807, 2.05) is 12.1 Å². The van der Waals surface area contributed by atoms with Gasteiger partial charge in [-0.15, -0.1) is 0 Å². The molecule has 0 saturated heterocycles. The number of carbonyl (C=O) groups is 1. The minimum absolute atomic E-state index is 0.134. The first-order valence-electron chi connectivity index (χ1n) is 9.46. The number of nitrogens with one attached hydrogen (secondary N) is 1. The van der Waals surface area contributed by atoms with E-state index < -0.39 is 16.0 Å². The average Bonchev–Trinajstić information content (AvgIpc) is 2.75. The molecule has 0 saturated carbocycles. The second-order valence-electron chi connectivity index (χ2n) is 6.80. The van der Waals surface area contributed by atoms with Crippen molar-refractivity contribution in [2.75, 3.05) is 11.8 Å². The quantitative estimate of drug-likeness (QED) is 0.531. The van der Waals surface area contributed by atoms with E-state index in [2.05, 4.69) is 4.72 Å². The molecule has 2 N–H and O–H groups in total. The van der Waals surface area contributed by atoms with Gasteiger partial charge in [0.05, 0.1) is 23.3 Å². The Morgan fingerprint density at radius 3 is 2.40 bits per heavy atom. The molecule has 7 heteroatoms. The van der Waals surface area contributed by atoms with E-state index in [0.29, 0.717) is 17.9 Å². The minimum atomic E-state index is -3.74. The maximum absolute atomic E-state index is 12.8. The fourth-order valence-electron chi connectivity index (χ4n) is 3.11. The van der Waals surface area contributed by atoms with Gasteiger partial charge in [0.15, 0.2) is 0 Å². The summed E-state index contributed by atoms with van der Waals surface area (Å²) in [4.78, 5) is 11.1. The molecule has 0 unspecified atom stereocenters. The highest BCUT2D eigenvalue weighted by Crippen LogP contribution is 2.24. The lowest BCUT2D eigenvalue weighted by atomic mass is 10.0. The van der Waals surface area contributed by atoms with Gasteiger partial charge in [-0.1, -0.05) is 36.4 Å². The van der Waals surface area contributed by atoms with Gasteiger partial charge in [-0.25, -0.2) is 13.2 Å². The van der Waals surface area contributed by atoms with Crippen molar-refractivity contribution in [2.24, 2.45) is 0 Å². The molecule has 30 heavy (non-hydrogen) atoms. The Bertz CT molecular complexity index is 1120. The van der Waals surface area contributed by atoms with E-state index in [4.69, 9.17) is 9.84 Å². The van der Waals surface area contributed by atoms with E-state index in [0.717, 1.165) is 24.0 Å². The summed E-state index contributed by atoms with van der Waals surface area (Å²) in [5.41, 5.74) is 2.73. The molecule has 3 rings (SSSR count). The van der Waals surface area contributed by atoms with Crippen LogP contribution in [-0.2, 0) is 22.9 Å². The van der Waals surface area contributed by atoms with Crippen LogP contribution in [0.1, 0.15) is 27.9 Å². The van der Waals surface area contributed by atoms with Crippen LogP contribution >= 0.6 is 0 Å². The third-order valence-corrected chi connectivity index (χ3v) is 6.09. The van der Waals surface area contributed by atoms with E-state index in [1.54, 1.807) is 48.5 Å². The second-order valence-corrected chi connectivity index (χ2v) is 8.48. The first-order chi connectivity index (χ1) is 14.4. The molecule has 0 radical (unpaired) electrons. The van der Waals surface area contributed by atoms with Gasteiger partial charge in [-0.3, -0.25) is 4.72 Å². The van der Waals surface area contributed by atoms with Crippen LogP contribution in [0.15, 0.2) is 77.7 Å². The predicted octanol–water partition coefficient (Wildman–Crippen LogP) is 4.37. The highest BCUT2D eigenvalue weighted by Gasteiger charge is 2.16. The van der Waals surface area contributed by atoms with Crippen molar-refractivity contribution in [3.05, 3.63) is 89.5 Å². The van der Waals surface area contributed by atoms with Crippen molar-refractivity contribution in [3.63, 3.8) is 0 Å². The smallest absolute Gasteiger partial charge is 0.335 e. The standard InChI is InChI=1S/C23H23NO5S/c1-29-20-9-5-10-21(16-20)30(27,28)24-22-11-3-2-7-18(22)8-4-6-17-12-14-19(15-13-17)23(25)26/h2-3,5,7,9-16,24H,4,6,8H2,1H3,(H,25,26). The summed E-state index contributed by atoms with van der Waals surface area (Å²) in [5, 5.41) is 8.97. The fraction of sp³-hybridized carbons (Fsp3) is 0.174. The lowest BCUT2D eigenvalue weighted by Crippen LogP contribution is -2.14. The molecule has 0 aliphatic rings. The highest BCUT2D eigenvalue weighted by atomic mass is 32.2. The molecule has 3 aromatic carbocycles. The van der Waals surface area contributed by atoms with Gasteiger partial charge in [-0.2, -0.15) is 0 Å². The zero-order valence-corrected chi connectivity index (χ0v) is 17.4. The molecule has 6 nitrogen and oxygen atoms in total. The van der Waals surface area contributed by atoms with Crippen molar-refractivity contribution in [2.45, 2.75) is 24.2 Å². The van der Waals surface area contributed by atoms with Crippen molar-refractivity contribution in [3.8, 4) is 5.75 Å². The maximum atomic E-state index is 12.8. The van der Waals surface area contributed by atoms with Crippen LogP contribution in [0, 0.1) is 0 Å². The first kappa shape index (κ1) is 21.4. The van der Waals surface area contributed by atoms with Crippen LogP contribution < -0.4 is 9.46 Å². The normalized spacial score (nSPS) is 11.1. The number of carboxylic acid groups (broad SMARTS) is 1. The number of hydrogen-bond donors (Lipinski definition) is 2. The number of carboxylic acids is 1. The summed E-state index contributed by atoms with van der Waals surface area (Å²) in [6.45, 7) is 0. The molecule has 156 valence electrons. The number of hydrogen-bond acceptors (Lipinski definition) is 4. The molecule has 0 bridgehead atoms. The summed E-state index contributed by atoms with van der Waals surface area (Å²) in [6.07, 6.45) is 2.23. The molecule has 0 fully saturated rings. The minimum Gasteiger partial charge on any atom is -0.497 e. The zero-order chi connectivity index (χ0) is 21.6. The second kappa shape index (κ2) is 9.45. The summed E-state index contributed by atoms with van der Waals surface area (Å²) < 4.78 is 33.4. The largest absolute Gasteiger partial charge is 0.497 e. The number of rotatable bonds is 9. The Balaban J connectivity index is 1.69. The van der Waals surface area contributed by atoms with Crippen molar-refractivity contribution < 1.29 is 23.1 Å². The molecule has 0 heterocycles. The molecule has 3 aromatic rings. The Kier molecular flexibility index (Phi) is 6.74. The topological polar surface area (TPSA) is 92.7 Å². The van der Waals surface area contributed by atoms with Gasteiger partial charge in [0, 0.05) is 6.07 Å². The van der Waals surface area contributed by atoms with Crippen LogP contribution in [0.4, 0.5) is 5.69 Å². The van der Waals surface area contributed by atoms with Crippen LogP contribution in [0.3, 0.4) is 0 Å². The molecular formula is C23H23NO5S. The summed E-state index contributed by atoms with van der Waals surface area (Å²) in [7, 11) is -2.25. The van der Waals surface area contributed by atoms with E-state index in [-0.39, 0.29) is 10.5 Å². The Hall–Kier alpha value is -3.32. The Morgan fingerprint density at radius 2 is 1.70 bits per heavy atom. The van der Waals surface area contributed by atoms with E-state index in [9.17, 15) is 13.2 Å². The first-order valence-corrected chi connectivity index (χ1v) is 10.9. The van der Waals surface area contributed by atoms with Gasteiger partial charge in [0.1, 0.15) is 5.75 Å². The number of methoxy groups -OCH3 is 1. The maximum Gasteiger partial charge on any atom is 0.335 e. The number of aryl methyl sites for hydroxylation is 2. The molecule has 0 atom stereocenters. The zero-order valence-electron chi connectivity index (χ0n) is 16.5. The third kappa shape index (κ3) is 5.39. The van der Waals surface area contributed by atoms with Crippen LogP contribution in [0.2, 0.25) is 0 Å². The van der Waals surface area contributed by atoms with E-state index >= 15 is 0 Å². The average molecular weight is 426 g/mol. The van der Waals surface area contributed by atoms with Gasteiger partial charge < -0.3 is 9.84 Å². The van der Waals surface area contributed by atoms with E-state index in [1.165, 1.54) is 19.2 Å². The number of benzene rings is 3. The molecule has 0 amide bonds. The Morgan fingerprint density at radius 1 is 0.967 bits per heavy atom.